The summed E-state index contributed by atoms with van der Waals surface area (Å²) in [5, 5.41) is 9.17. The maximum absolute atomic E-state index is 13.2. The van der Waals surface area contributed by atoms with Gasteiger partial charge in [0.05, 0.1) is 24.8 Å². The molecule has 5 rings (SSSR count). The highest BCUT2D eigenvalue weighted by molar-refractivity contribution is 5.95. The first-order valence-electron chi connectivity index (χ1n) is 12.8. The number of anilines is 1. The molecule has 0 saturated carbocycles. The molecule has 0 radical (unpaired) electrons. The molecule has 0 unspecified atom stereocenters. The van der Waals surface area contributed by atoms with Crippen LogP contribution >= 0.6 is 0 Å². The number of benzene rings is 2. The van der Waals surface area contributed by atoms with Crippen LogP contribution in [0.4, 0.5) is 5.69 Å². The summed E-state index contributed by atoms with van der Waals surface area (Å²) in [5.74, 6) is 0.729. The van der Waals surface area contributed by atoms with Crippen molar-refractivity contribution in [2.75, 3.05) is 50.8 Å². The molecule has 0 spiro atoms. The molecule has 2 aromatic carbocycles. The summed E-state index contributed by atoms with van der Waals surface area (Å²) in [6, 6.07) is 16.8. The summed E-state index contributed by atoms with van der Waals surface area (Å²) in [5.41, 5.74) is 2.41. The topological polar surface area (TPSA) is 86.1 Å². The van der Waals surface area contributed by atoms with Crippen LogP contribution in [0.3, 0.4) is 0 Å². The van der Waals surface area contributed by atoms with E-state index in [1.165, 1.54) is 0 Å². The van der Waals surface area contributed by atoms with Gasteiger partial charge in [0.1, 0.15) is 11.8 Å². The predicted octanol–water partition coefficient (Wildman–Crippen LogP) is 3.13. The third kappa shape index (κ3) is 5.23. The van der Waals surface area contributed by atoms with Crippen LogP contribution in [0.15, 0.2) is 48.5 Å². The maximum Gasteiger partial charge on any atom is 0.266 e. The lowest BCUT2D eigenvalue weighted by Gasteiger charge is -2.47. The Morgan fingerprint density at radius 3 is 2.33 bits per heavy atom. The van der Waals surface area contributed by atoms with Crippen molar-refractivity contribution in [3.05, 3.63) is 59.7 Å². The van der Waals surface area contributed by atoms with Gasteiger partial charge < -0.3 is 19.3 Å². The van der Waals surface area contributed by atoms with Crippen LogP contribution in [0.5, 0.6) is 5.75 Å². The number of carbonyl (C=O) groups is 2. The van der Waals surface area contributed by atoms with Gasteiger partial charge >= 0.3 is 0 Å². The molecule has 0 aromatic heterocycles. The Hall–Kier alpha value is -3.41. The Balaban J connectivity index is 1.24. The fraction of sp³-hybridized carbons (Fsp3) is 0.464. The fourth-order valence-electron chi connectivity index (χ4n) is 5.21. The van der Waals surface area contributed by atoms with Gasteiger partial charge in [-0.25, -0.2) is 0 Å². The lowest BCUT2D eigenvalue weighted by atomic mass is 9.89. The molecule has 0 aliphatic carbocycles. The second kappa shape index (κ2) is 11.1. The number of β-lactam (4-membered cyclic amide) rings is 1. The van der Waals surface area contributed by atoms with Crippen LogP contribution in [0.2, 0.25) is 0 Å². The van der Waals surface area contributed by atoms with Crippen molar-refractivity contribution >= 4 is 17.5 Å². The van der Waals surface area contributed by atoms with E-state index < -0.39 is 6.10 Å². The predicted molar refractivity (Wildman–Crippen MR) is 135 cm³/mol. The molecule has 2 atom stereocenters. The summed E-state index contributed by atoms with van der Waals surface area (Å²) in [7, 11) is 0. The molecule has 188 valence electrons. The summed E-state index contributed by atoms with van der Waals surface area (Å²) in [6.07, 6.45) is 2.79. The van der Waals surface area contributed by atoms with E-state index in [2.05, 4.69) is 11.0 Å². The highest BCUT2D eigenvalue weighted by Crippen LogP contribution is 2.38. The van der Waals surface area contributed by atoms with E-state index in [1.807, 2.05) is 41.3 Å². The van der Waals surface area contributed by atoms with Gasteiger partial charge in [0, 0.05) is 38.3 Å². The third-order valence-electron chi connectivity index (χ3n) is 7.24. The second-order valence-corrected chi connectivity index (χ2v) is 9.55. The number of ether oxygens (including phenoxy) is 2. The zero-order chi connectivity index (χ0) is 24.9. The number of nitrogens with zero attached hydrogens (tertiary/aromatic N) is 4. The summed E-state index contributed by atoms with van der Waals surface area (Å²) >= 11 is 0. The Morgan fingerprint density at radius 2 is 1.67 bits per heavy atom. The van der Waals surface area contributed by atoms with E-state index in [0.29, 0.717) is 24.3 Å². The molecule has 8 heteroatoms. The monoisotopic (exact) mass is 488 g/mol. The van der Waals surface area contributed by atoms with Crippen LogP contribution in [0, 0.1) is 11.3 Å². The average Bonchev–Trinajstić information content (AvgIpc) is 3.36. The van der Waals surface area contributed by atoms with E-state index in [0.717, 1.165) is 69.9 Å². The summed E-state index contributed by atoms with van der Waals surface area (Å²) < 4.78 is 11.6. The molecule has 36 heavy (non-hydrogen) atoms. The quantitative estimate of drug-likeness (QED) is 0.398. The number of hydrogen-bond donors (Lipinski definition) is 0. The van der Waals surface area contributed by atoms with Gasteiger partial charge in [0.15, 0.2) is 0 Å². The Bertz CT molecular complexity index is 1110. The van der Waals surface area contributed by atoms with E-state index in [1.54, 1.807) is 17.0 Å². The molecule has 0 bridgehead atoms. The molecule has 8 nitrogen and oxygen atoms in total. The third-order valence-corrected chi connectivity index (χ3v) is 7.24. The zero-order valence-corrected chi connectivity index (χ0v) is 20.5. The van der Waals surface area contributed by atoms with E-state index in [9.17, 15) is 14.9 Å². The maximum atomic E-state index is 13.2. The van der Waals surface area contributed by atoms with Crippen molar-refractivity contribution in [2.24, 2.45) is 0 Å². The van der Waals surface area contributed by atoms with Crippen molar-refractivity contribution in [1.29, 1.82) is 5.26 Å². The van der Waals surface area contributed by atoms with Gasteiger partial charge in [-0.2, -0.15) is 5.26 Å². The van der Waals surface area contributed by atoms with Crippen molar-refractivity contribution in [1.82, 2.24) is 9.80 Å². The fourth-order valence-corrected chi connectivity index (χ4v) is 5.21. The number of morpholine rings is 1. The molecule has 3 saturated heterocycles. The highest BCUT2D eigenvalue weighted by Gasteiger charge is 2.49. The highest BCUT2D eigenvalue weighted by atomic mass is 16.5. The van der Waals surface area contributed by atoms with Gasteiger partial charge in [0.25, 0.3) is 5.91 Å². The van der Waals surface area contributed by atoms with Crippen molar-refractivity contribution < 1.29 is 19.1 Å². The molecule has 3 heterocycles. The van der Waals surface area contributed by atoms with E-state index in [4.69, 9.17) is 9.47 Å². The van der Waals surface area contributed by atoms with Crippen molar-refractivity contribution in [3.63, 3.8) is 0 Å². The molecule has 3 aliphatic heterocycles. The van der Waals surface area contributed by atoms with E-state index in [-0.39, 0.29) is 17.9 Å². The number of unbranched alkanes of at least 4 members (excludes halogenated alkanes) is 1. The van der Waals surface area contributed by atoms with Gasteiger partial charge in [-0.3, -0.25) is 14.5 Å². The SMILES string of the molecule is N#Cc1ccc([C@@H]2[C@H](Oc3ccc(N4CCCC4=O)cc3)C(=O)N2CCCCN2CCOCC2)cc1. The van der Waals surface area contributed by atoms with E-state index >= 15 is 0 Å². The lowest BCUT2D eigenvalue weighted by Crippen LogP contribution is -2.61. The molecule has 3 fully saturated rings. The van der Waals surface area contributed by atoms with Gasteiger partial charge in [-0.05, 0) is 67.8 Å². The van der Waals surface area contributed by atoms with Crippen LogP contribution in [-0.2, 0) is 14.3 Å². The minimum absolute atomic E-state index is 0.0190. The summed E-state index contributed by atoms with van der Waals surface area (Å²) in [6.45, 7) is 5.94. The van der Waals surface area contributed by atoms with Crippen LogP contribution in [0.1, 0.15) is 42.9 Å². The number of rotatable bonds is 9. The Kier molecular flexibility index (Phi) is 7.49. The normalized spacial score (nSPS) is 22.4. The van der Waals surface area contributed by atoms with Gasteiger partial charge in [0.2, 0.25) is 12.0 Å². The van der Waals surface area contributed by atoms with Gasteiger partial charge in [-0.15, -0.1) is 0 Å². The molecule has 0 N–H and O–H groups in total. The number of hydrogen-bond acceptors (Lipinski definition) is 6. The molecule has 3 aliphatic rings. The summed E-state index contributed by atoms with van der Waals surface area (Å²) in [4.78, 5) is 31.3. The average molecular weight is 489 g/mol. The Morgan fingerprint density at radius 1 is 0.944 bits per heavy atom. The molecular weight excluding hydrogens is 456 g/mol. The standard InChI is InChI=1S/C28H32N4O4/c29-20-21-5-7-22(8-6-21)26-27(28(34)32(26)14-2-1-13-30-16-18-35-19-17-30)36-24-11-9-23(10-12-24)31-15-3-4-25(31)33/h5-12,26-27H,1-4,13-19H2/t26-,27+/m1/s1. The van der Waals surface area contributed by atoms with Crippen molar-refractivity contribution in [3.8, 4) is 11.8 Å². The molecule has 2 aromatic rings. The first-order chi connectivity index (χ1) is 17.6. The van der Waals surface area contributed by atoms with Crippen molar-refractivity contribution in [2.45, 2.75) is 37.8 Å². The number of carbonyl (C=O) groups excluding carboxylic acids is 2. The first kappa shape index (κ1) is 24.3. The molecular formula is C28H32N4O4. The van der Waals surface area contributed by atoms with Crippen LogP contribution in [0.25, 0.3) is 0 Å². The minimum Gasteiger partial charge on any atom is -0.478 e. The number of nitriles is 1. The number of likely N-dealkylation sites (tertiary alicyclic amines) is 1. The van der Waals surface area contributed by atoms with Crippen LogP contribution < -0.4 is 9.64 Å². The largest absolute Gasteiger partial charge is 0.478 e. The first-order valence-corrected chi connectivity index (χ1v) is 12.8. The zero-order valence-electron chi connectivity index (χ0n) is 20.5. The number of amides is 2. The Labute approximate surface area is 212 Å². The molecule has 2 amide bonds. The van der Waals surface area contributed by atoms with Crippen LogP contribution in [-0.4, -0.2) is 73.7 Å². The second-order valence-electron chi connectivity index (χ2n) is 9.55. The minimum atomic E-state index is -0.614. The lowest BCUT2D eigenvalue weighted by molar-refractivity contribution is -0.164. The van der Waals surface area contributed by atoms with Gasteiger partial charge in [-0.1, -0.05) is 12.1 Å². The smallest absolute Gasteiger partial charge is 0.266 e.